The highest BCUT2D eigenvalue weighted by atomic mass is 14.9. The van der Waals surface area contributed by atoms with Crippen LogP contribution in [0.5, 0.6) is 0 Å². The second kappa shape index (κ2) is 5.46. The highest BCUT2D eigenvalue weighted by Gasteiger charge is 2.86. The van der Waals surface area contributed by atoms with Crippen molar-refractivity contribution in [2.45, 2.75) is 64.2 Å². The molecule has 26 atom stereocenters. The van der Waals surface area contributed by atoms with E-state index in [1.807, 2.05) is 0 Å². The second-order valence-electron chi connectivity index (χ2n) is 20.2. The van der Waals surface area contributed by atoms with Gasteiger partial charge in [0.25, 0.3) is 0 Å². The van der Waals surface area contributed by atoms with Gasteiger partial charge in [0.1, 0.15) is 0 Å². The molecular formula is C40H46. The summed E-state index contributed by atoms with van der Waals surface area (Å²) in [5, 5.41) is 0. The number of hydrogen-bond acceptors (Lipinski definition) is 0. The third kappa shape index (κ3) is 1.47. The van der Waals surface area contributed by atoms with E-state index in [0.717, 1.165) is 65.1 Å². The standard InChI is InChI=1S/C40H46/c1-2-12-14-5-6-16-18-9-10-20-19-8-7-17-15-4-3-13-11(1)21-22(12)32-24(14)26(16)34-29(18)30(20)35-28(19)27(17)33-25(15)23(13)31(21)36-37(32)39(34)40(35)38(33)36/h11-19,21-23,25-29,31,33-40H,1-10H2. The highest BCUT2D eigenvalue weighted by molar-refractivity contribution is 5.52. The van der Waals surface area contributed by atoms with E-state index in [4.69, 9.17) is 0 Å². The predicted octanol–water partition coefficient (Wildman–Crippen LogP) is 7.72. The van der Waals surface area contributed by atoms with Gasteiger partial charge in [-0.25, -0.2) is 0 Å². The molecule has 0 aromatic carbocycles. The normalized spacial score (nSPS) is 79.8. The molecule has 206 valence electrons. The first-order valence-electron chi connectivity index (χ1n) is 19.4. The van der Waals surface area contributed by atoms with Gasteiger partial charge in [-0.1, -0.05) is 22.3 Å². The second-order valence-corrected chi connectivity index (χ2v) is 20.2. The fourth-order valence-corrected chi connectivity index (χ4v) is 23.0. The Labute approximate surface area is 239 Å². The van der Waals surface area contributed by atoms with Gasteiger partial charge in [-0.3, -0.25) is 0 Å². The molecule has 0 spiro atoms. The topological polar surface area (TPSA) is 0 Å². The molecule has 0 saturated heterocycles. The van der Waals surface area contributed by atoms with Crippen molar-refractivity contribution in [3.8, 4) is 0 Å². The van der Waals surface area contributed by atoms with Crippen LogP contribution in [0.25, 0.3) is 0 Å². The van der Waals surface area contributed by atoms with Gasteiger partial charge in [-0.05, 0) is 218 Å². The first kappa shape index (κ1) is 19.7. The quantitative estimate of drug-likeness (QED) is 0.284. The fourth-order valence-electron chi connectivity index (χ4n) is 23.0. The van der Waals surface area contributed by atoms with E-state index in [2.05, 4.69) is 22.3 Å². The number of hydrogen-bond donors (Lipinski definition) is 0. The number of rotatable bonds is 0. The smallest absolute Gasteiger partial charge is 0.0126 e. The number of allylic oxidation sites excluding steroid dienone is 4. The van der Waals surface area contributed by atoms with E-state index in [9.17, 15) is 0 Å². The Hall–Kier alpha value is -0.520. The minimum Gasteiger partial charge on any atom is -0.0670 e. The van der Waals surface area contributed by atoms with Crippen LogP contribution in [0.3, 0.4) is 0 Å². The van der Waals surface area contributed by atoms with E-state index < -0.39 is 0 Å². The summed E-state index contributed by atoms with van der Waals surface area (Å²) in [6.07, 6.45) is 16.7. The molecule has 0 radical (unpaired) electrons. The summed E-state index contributed by atoms with van der Waals surface area (Å²) < 4.78 is 0. The highest BCUT2D eigenvalue weighted by Crippen LogP contribution is 2.91. The van der Waals surface area contributed by atoms with Crippen LogP contribution in [0.4, 0.5) is 0 Å². The monoisotopic (exact) mass is 526 g/mol. The van der Waals surface area contributed by atoms with Gasteiger partial charge in [0.2, 0.25) is 0 Å². The van der Waals surface area contributed by atoms with Crippen molar-refractivity contribution < 1.29 is 0 Å². The first-order chi connectivity index (χ1) is 19.9. The summed E-state index contributed by atoms with van der Waals surface area (Å²) in [7, 11) is 0. The average Bonchev–Trinajstić information content (AvgIpc) is 3.79. The Morgan fingerprint density at radius 2 is 0.800 bits per heavy atom. The molecule has 0 heterocycles. The molecule has 12 saturated carbocycles. The lowest BCUT2D eigenvalue weighted by Crippen LogP contribution is -2.57. The predicted molar refractivity (Wildman–Crippen MR) is 151 cm³/mol. The van der Waals surface area contributed by atoms with Crippen molar-refractivity contribution >= 4 is 0 Å². The lowest BCUT2D eigenvalue weighted by atomic mass is 9.43. The van der Waals surface area contributed by atoms with E-state index >= 15 is 0 Å². The van der Waals surface area contributed by atoms with Crippen LogP contribution >= 0.6 is 0 Å². The van der Waals surface area contributed by atoms with Crippen molar-refractivity contribution in [1.29, 1.82) is 0 Å². The molecular weight excluding hydrogens is 480 g/mol. The van der Waals surface area contributed by atoms with Gasteiger partial charge in [-0.2, -0.15) is 0 Å². The van der Waals surface area contributed by atoms with Gasteiger partial charge >= 0.3 is 0 Å². The molecule has 16 aliphatic carbocycles. The van der Waals surface area contributed by atoms with Crippen LogP contribution in [0.15, 0.2) is 22.3 Å². The minimum atomic E-state index is 1.09. The van der Waals surface area contributed by atoms with Crippen molar-refractivity contribution in [2.75, 3.05) is 0 Å². The van der Waals surface area contributed by atoms with Crippen molar-refractivity contribution in [3.05, 3.63) is 22.3 Å². The van der Waals surface area contributed by atoms with Gasteiger partial charge in [0.15, 0.2) is 0 Å². The summed E-state index contributed by atoms with van der Waals surface area (Å²) >= 11 is 0. The molecule has 0 bridgehead atoms. The van der Waals surface area contributed by atoms with Gasteiger partial charge in [-0.15, -0.1) is 0 Å². The Balaban J connectivity index is 1.10. The Bertz CT molecular complexity index is 1480. The third-order valence-electron chi connectivity index (χ3n) is 21.6. The van der Waals surface area contributed by atoms with Crippen LogP contribution in [0, 0.1) is 154 Å². The molecule has 0 heteroatoms. The summed E-state index contributed by atoms with van der Waals surface area (Å²) in [4.78, 5) is 0. The fraction of sp³-hybridized carbons (Fsp3) is 0.900. The summed E-state index contributed by atoms with van der Waals surface area (Å²) in [6.45, 7) is 0. The molecule has 26 unspecified atom stereocenters. The molecule has 0 aromatic heterocycles. The average molecular weight is 527 g/mol. The van der Waals surface area contributed by atoms with Crippen LogP contribution in [-0.2, 0) is 0 Å². The van der Waals surface area contributed by atoms with Gasteiger partial charge in [0.05, 0.1) is 0 Å². The SMILES string of the molecule is C1CC2C3CCC4C5=C6C7C4CCC4C8CCC9C%10CCC%11C1=C1C2C(C53)C2C6C3C(C47)C8C9C4C%10C%11C1C2C34. The molecule has 0 nitrogen and oxygen atoms in total. The Kier molecular flexibility index (Phi) is 2.69. The third-order valence-corrected chi connectivity index (χ3v) is 21.6. The summed E-state index contributed by atoms with van der Waals surface area (Å²) in [5.74, 6) is 30.5. The molecule has 16 aliphatic rings. The molecule has 0 N–H and O–H groups in total. The Morgan fingerprint density at radius 1 is 0.275 bits per heavy atom. The zero-order valence-electron chi connectivity index (χ0n) is 24.1. The maximum Gasteiger partial charge on any atom is -0.0126 e. The summed E-state index contributed by atoms with van der Waals surface area (Å²) in [5.41, 5.74) is 9.22. The zero-order chi connectivity index (χ0) is 24.4. The van der Waals surface area contributed by atoms with Crippen LogP contribution in [0.2, 0.25) is 0 Å². The molecule has 0 amide bonds. The lowest BCUT2D eigenvalue weighted by Gasteiger charge is -2.61. The maximum absolute atomic E-state index is 2.36. The van der Waals surface area contributed by atoms with E-state index in [0.29, 0.717) is 0 Å². The van der Waals surface area contributed by atoms with Crippen LogP contribution < -0.4 is 0 Å². The molecule has 0 aliphatic heterocycles. The zero-order valence-corrected chi connectivity index (χ0v) is 24.1. The van der Waals surface area contributed by atoms with E-state index in [-0.39, 0.29) is 0 Å². The van der Waals surface area contributed by atoms with E-state index in [1.54, 1.807) is 64.2 Å². The summed E-state index contributed by atoms with van der Waals surface area (Å²) in [6, 6.07) is 0. The van der Waals surface area contributed by atoms with Crippen molar-refractivity contribution in [1.82, 2.24) is 0 Å². The van der Waals surface area contributed by atoms with Gasteiger partial charge in [0, 0.05) is 0 Å². The van der Waals surface area contributed by atoms with Gasteiger partial charge < -0.3 is 0 Å². The molecule has 0 aromatic rings. The van der Waals surface area contributed by atoms with Crippen molar-refractivity contribution in [3.63, 3.8) is 0 Å². The van der Waals surface area contributed by atoms with Crippen molar-refractivity contribution in [2.24, 2.45) is 154 Å². The first-order valence-corrected chi connectivity index (χ1v) is 19.4. The Morgan fingerprint density at radius 3 is 1.68 bits per heavy atom. The maximum atomic E-state index is 2.36. The molecule has 40 heavy (non-hydrogen) atoms. The van der Waals surface area contributed by atoms with E-state index in [1.165, 1.54) is 88.8 Å². The van der Waals surface area contributed by atoms with Crippen LogP contribution in [0.1, 0.15) is 64.2 Å². The number of fused-ring (bicyclic) bond motifs is 5. The molecule has 16 rings (SSSR count). The lowest BCUT2D eigenvalue weighted by molar-refractivity contribution is -0.127. The van der Waals surface area contributed by atoms with Crippen LogP contribution in [-0.4, -0.2) is 0 Å². The largest absolute Gasteiger partial charge is 0.0670 e. The molecule has 12 fully saturated rings. The minimum absolute atomic E-state index is 1.09.